The average molecular weight is 254 g/mol. The van der Waals surface area contributed by atoms with Crippen LogP contribution in [0.25, 0.3) is 0 Å². The van der Waals surface area contributed by atoms with Gasteiger partial charge in [0.05, 0.1) is 0 Å². The molecule has 17 heavy (non-hydrogen) atoms. The fourth-order valence-electron chi connectivity index (χ4n) is 2.02. The third-order valence-electron chi connectivity index (χ3n) is 3.61. The number of carbonyl (C=O) groups excluding carboxylic acids is 1. The van der Waals surface area contributed by atoms with Crippen LogP contribution < -0.4 is 5.73 Å². The third kappa shape index (κ3) is 3.30. The largest absolute Gasteiger partial charge is 0.329 e. The molecule has 0 spiro atoms. The van der Waals surface area contributed by atoms with E-state index < -0.39 is 0 Å². The zero-order chi connectivity index (χ0) is 12.9. The maximum Gasteiger partial charge on any atom is 0.144 e. The van der Waals surface area contributed by atoms with Crippen molar-refractivity contribution < 1.29 is 4.79 Å². The molecule has 1 rings (SSSR count). The molecule has 0 unspecified atom stereocenters. The van der Waals surface area contributed by atoms with Crippen molar-refractivity contribution in [3.63, 3.8) is 0 Å². The van der Waals surface area contributed by atoms with Gasteiger partial charge in [-0.3, -0.25) is 4.79 Å². The van der Waals surface area contributed by atoms with E-state index in [-0.39, 0.29) is 11.2 Å². The van der Waals surface area contributed by atoms with Gasteiger partial charge in [0.15, 0.2) is 0 Å². The standard InChI is InChI=1S/C14H20ClNO/c1-3-14(4-2,10-16)13(17)9-11-5-7-12(15)8-6-11/h5-8H,3-4,9-10,16H2,1-2H3. The SMILES string of the molecule is CCC(CC)(CN)C(=O)Cc1ccc(Cl)cc1. The summed E-state index contributed by atoms with van der Waals surface area (Å²) >= 11 is 5.82. The first-order valence-electron chi connectivity index (χ1n) is 6.05. The molecule has 2 nitrogen and oxygen atoms in total. The summed E-state index contributed by atoms with van der Waals surface area (Å²) in [6, 6.07) is 7.41. The topological polar surface area (TPSA) is 43.1 Å². The van der Waals surface area contributed by atoms with Gasteiger partial charge >= 0.3 is 0 Å². The van der Waals surface area contributed by atoms with Crippen LogP contribution >= 0.6 is 11.6 Å². The van der Waals surface area contributed by atoms with Crippen molar-refractivity contribution in [2.24, 2.45) is 11.1 Å². The van der Waals surface area contributed by atoms with Crippen molar-refractivity contribution in [3.05, 3.63) is 34.9 Å². The van der Waals surface area contributed by atoms with E-state index in [0.717, 1.165) is 18.4 Å². The lowest BCUT2D eigenvalue weighted by Crippen LogP contribution is -2.38. The summed E-state index contributed by atoms with van der Waals surface area (Å²) in [5.74, 6) is 0.229. The normalized spacial score (nSPS) is 11.5. The molecule has 0 radical (unpaired) electrons. The summed E-state index contributed by atoms with van der Waals surface area (Å²) in [4.78, 5) is 12.3. The van der Waals surface area contributed by atoms with E-state index in [1.807, 2.05) is 38.1 Å². The zero-order valence-electron chi connectivity index (χ0n) is 10.5. The van der Waals surface area contributed by atoms with Crippen LogP contribution in [0.2, 0.25) is 5.02 Å². The second-order valence-corrected chi connectivity index (χ2v) is 4.85. The van der Waals surface area contributed by atoms with Crippen LogP contribution in [0.4, 0.5) is 0 Å². The van der Waals surface area contributed by atoms with E-state index in [9.17, 15) is 4.79 Å². The Balaban J connectivity index is 2.80. The fourth-order valence-corrected chi connectivity index (χ4v) is 2.15. The van der Waals surface area contributed by atoms with Crippen LogP contribution in [0, 0.1) is 5.41 Å². The van der Waals surface area contributed by atoms with Crippen LogP contribution in [0.3, 0.4) is 0 Å². The molecule has 0 fully saturated rings. The lowest BCUT2D eigenvalue weighted by Gasteiger charge is -2.28. The highest BCUT2D eigenvalue weighted by Gasteiger charge is 2.32. The van der Waals surface area contributed by atoms with Gasteiger partial charge in [0.1, 0.15) is 5.78 Å². The average Bonchev–Trinajstić information content (AvgIpc) is 2.35. The van der Waals surface area contributed by atoms with Crippen molar-refractivity contribution in [2.45, 2.75) is 33.1 Å². The first kappa shape index (κ1) is 14.2. The van der Waals surface area contributed by atoms with Crippen LogP contribution in [0.1, 0.15) is 32.3 Å². The molecule has 2 N–H and O–H groups in total. The molecule has 3 heteroatoms. The van der Waals surface area contributed by atoms with Crippen LogP contribution in [-0.2, 0) is 11.2 Å². The summed E-state index contributed by atoms with van der Waals surface area (Å²) in [5, 5.41) is 0.692. The Hall–Kier alpha value is -0.860. The van der Waals surface area contributed by atoms with E-state index in [1.165, 1.54) is 0 Å². The quantitative estimate of drug-likeness (QED) is 0.846. The third-order valence-corrected chi connectivity index (χ3v) is 3.87. The Morgan fingerprint density at radius 2 is 1.76 bits per heavy atom. The van der Waals surface area contributed by atoms with E-state index in [0.29, 0.717) is 18.0 Å². The van der Waals surface area contributed by atoms with Crippen molar-refractivity contribution in [1.29, 1.82) is 0 Å². The second kappa shape index (κ2) is 6.18. The molecule has 94 valence electrons. The molecule has 0 bridgehead atoms. The molecule has 0 aliphatic carbocycles. The van der Waals surface area contributed by atoms with Crippen molar-refractivity contribution in [2.75, 3.05) is 6.54 Å². The molecule has 0 atom stereocenters. The first-order chi connectivity index (χ1) is 8.07. The molecule has 0 aliphatic heterocycles. The maximum absolute atomic E-state index is 12.3. The predicted molar refractivity (Wildman–Crippen MR) is 72.2 cm³/mol. The lowest BCUT2D eigenvalue weighted by atomic mass is 9.76. The number of halogens is 1. The van der Waals surface area contributed by atoms with Gasteiger partial charge in [0, 0.05) is 23.4 Å². The van der Waals surface area contributed by atoms with Gasteiger partial charge in [-0.2, -0.15) is 0 Å². The van der Waals surface area contributed by atoms with Crippen LogP contribution in [0.15, 0.2) is 24.3 Å². The number of Topliss-reactive ketones (excluding diaryl/α,β-unsaturated/α-hetero) is 1. The van der Waals surface area contributed by atoms with Crippen molar-refractivity contribution >= 4 is 17.4 Å². The predicted octanol–water partition coefficient (Wildman–Crippen LogP) is 3.22. The molecule has 0 aromatic heterocycles. The number of nitrogens with two attached hydrogens (primary N) is 1. The van der Waals surface area contributed by atoms with Crippen LogP contribution in [0.5, 0.6) is 0 Å². The van der Waals surface area contributed by atoms with Gasteiger partial charge in [0.25, 0.3) is 0 Å². The Labute approximate surface area is 108 Å². The molecule has 0 saturated carbocycles. The van der Waals surface area contributed by atoms with E-state index >= 15 is 0 Å². The zero-order valence-corrected chi connectivity index (χ0v) is 11.3. The van der Waals surface area contributed by atoms with E-state index in [1.54, 1.807) is 0 Å². The smallest absolute Gasteiger partial charge is 0.144 e. The van der Waals surface area contributed by atoms with Crippen molar-refractivity contribution in [3.8, 4) is 0 Å². The summed E-state index contributed by atoms with van der Waals surface area (Å²) < 4.78 is 0. The van der Waals surface area contributed by atoms with E-state index in [4.69, 9.17) is 17.3 Å². The molecule has 1 aromatic rings. The minimum absolute atomic E-state index is 0.229. The lowest BCUT2D eigenvalue weighted by molar-refractivity contribution is -0.128. The number of carbonyl (C=O) groups is 1. The van der Waals surface area contributed by atoms with Crippen LogP contribution in [-0.4, -0.2) is 12.3 Å². The number of benzene rings is 1. The minimum atomic E-state index is -0.361. The van der Waals surface area contributed by atoms with Gasteiger partial charge in [0.2, 0.25) is 0 Å². The number of rotatable bonds is 6. The monoisotopic (exact) mass is 253 g/mol. The second-order valence-electron chi connectivity index (χ2n) is 4.42. The fraction of sp³-hybridized carbons (Fsp3) is 0.500. The van der Waals surface area contributed by atoms with E-state index in [2.05, 4.69) is 0 Å². The highest BCUT2D eigenvalue weighted by molar-refractivity contribution is 6.30. The van der Waals surface area contributed by atoms with Gasteiger partial charge in [-0.05, 0) is 30.5 Å². The molecule has 0 heterocycles. The first-order valence-corrected chi connectivity index (χ1v) is 6.43. The highest BCUT2D eigenvalue weighted by atomic mass is 35.5. The molecule has 1 aromatic carbocycles. The Morgan fingerprint density at radius 1 is 1.24 bits per heavy atom. The Morgan fingerprint density at radius 3 is 2.18 bits per heavy atom. The molecule has 0 saturated heterocycles. The Bertz CT molecular complexity index is 360. The number of hydrogen-bond donors (Lipinski definition) is 1. The summed E-state index contributed by atoms with van der Waals surface area (Å²) in [5.41, 5.74) is 6.40. The highest BCUT2D eigenvalue weighted by Crippen LogP contribution is 2.27. The van der Waals surface area contributed by atoms with Gasteiger partial charge in [-0.15, -0.1) is 0 Å². The molecular formula is C14H20ClNO. The molecular weight excluding hydrogens is 234 g/mol. The molecule has 0 amide bonds. The number of ketones is 1. The number of hydrogen-bond acceptors (Lipinski definition) is 2. The van der Waals surface area contributed by atoms with Gasteiger partial charge in [-0.1, -0.05) is 37.6 Å². The van der Waals surface area contributed by atoms with Gasteiger partial charge < -0.3 is 5.73 Å². The maximum atomic E-state index is 12.3. The minimum Gasteiger partial charge on any atom is -0.329 e. The molecule has 0 aliphatic rings. The van der Waals surface area contributed by atoms with Gasteiger partial charge in [-0.25, -0.2) is 0 Å². The summed E-state index contributed by atoms with van der Waals surface area (Å²) in [6.07, 6.45) is 2.04. The summed E-state index contributed by atoms with van der Waals surface area (Å²) in [6.45, 7) is 4.47. The van der Waals surface area contributed by atoms with Crippen molar-refractivity contribution in [1.82, 2.24) is 0 Å². The summed E-state index contributed by atoms with van der Waals surface area (Å²) in [7, 11) is 0. The Kier molecular flexibility index (Phi) is 5.16.